The van der Waals surface area contributed by atoms with Crippen molar-refractivity contribution in [3.63, 3.8) is 0 Å². The molecule has 0 aromatic heterocycles. The van der Waals surface area contributed by atoms with Gasteiger partial charge in [0, 0.05) is 0 Å². The first kappa shape index (κ1) is 15.9. The third-order valence-electron chi connectivity index (χ3n) is 3.57. The summed E-state index contributed by atoms with van der Waals surface area (Å²) < 4.78 is 13.5. The highest BCUT2D eigenvalue weighted by molar-refractivity contribution is 8.27. The van der Waals surface area contributed by atoms with E-state index < -0.39 is 0 Å². The van der Waals surface area contributed by atoms with Gasteiger partial charge >= 0.3 is 0 Å². The summed E-state index contributed by atoms with van der Waals surface area (Å²) in [4.78, 5) is 14.9. The van der Waals surface area contributed by atoms with Gasteiger partial charge in [-0.2, -0.15) is 0 Å². The number of hydrogen-bond acceptors (Lipinski definition) is 3. The van der Waals surface area contributed by atoms with E-state index in [1.165, 1.54) is 23.9 Å². The van der Waals surface area contributed by atoms with Crippen LogP contribution in [0.2, 0.25) is 0 Å². The first-order valence-corrected chi connectivity index (χ1v) is 8.44. The van der Waals surface area contributed by atoms with Gasteiger partial charge in [-0.05, 0) is 41.8 Å². The van der Waals surface area contributed by atoms with Gasteiger partial charge < -0.3 is 0 Å². The summed E-state index contributed by atoms with van der Waals surface area (Å²) >= 11 is 6.66. The molecular weight excluding hydrogens is 329 g/mol. The zero-order valence-electron chi connectivity index (χ0n) is 12.5. The van der Waals surface area contributed by atoms with E-state index in [2.05, 4.69) is 0 Å². The summed E-state index contributed by atoms with van der Waals surface area (Å²) in [7, 11) is 0. The third-order valence-corrected chi connectivity index (χ3v) is 4.88. The van der Waals surface area contributed by atoms with Crippen molar-refractivity contribution in [2.75, 3.05) is 4.90 Å². The van der Waals surface area contributed by atoms with E-state index in [0.717, 1.165) is 23.2 Å². The number of hydrogen-bond donors (Lipinski definition) is 0. The number of amides is 1. The smallest absolute Gasteiger partial charge is 0.268 e. The molecule has 116 valence electrons. The SMILES string of the molecule is CCc1ccccc1N1C(=O)/C(=C/c2ccc(F)cc2)SC1=S. The van der Waals surface area contributed by atoms with Crippen molar-refractivity contribution in [2.24, 2.45) is 0 Å². The summed E-state index contributed by atoms with van der Waals surface area (Å²) in [5.41, 5.74) is 2.68. The number of thiocarbonyl (C=S) groups is 1. The highest BCUT2D eigenvalue weighted by atomic mass is 32.2. The Kier molecular flexibility index (Phi) is 4.59. The largest absolute Gasteiger partial charge is 0.270 e. The molecule has 1 aliphatic heterocycles. The average molecular weight is 343 g/mol. The lowest BCUT2D eigenvalue weighted by Gasteiger charge is -2.18. The predicted molar refractivity (Wildman–Crippen MR) is 97.9 cm³/mol. The quantitative estimate of drug-likeness (QED) is 0.590. The normalized spacial score (nSPS) is 16.4. The van der Waals surface area contributed by atoms with Gasteiger partial charge in [-0.15, -0.1) is 0 Å². The van der Waals surface area contributed by atoms with Gasteiger partial charge in [0.15, 0.2) is 4.32 Å². The van der Waals surface area contributed by atoms with Crippen LogP contribution in [0.3, 0.4) is 0 Å². The molecule has 5 heteroatoms. The molecule has 1 heterocycles. The van der Waals surface area contributed by atoms with Gasteiger partial charge in [0.05, 0.1) is 10.6 Å². The summed E-state index contributed by atoms with van der Waals surface area (Å²) in [5.74, 6) is -0.434. The van der Waals surface area contributed by atoms with E-state index >= 15 is 0 Å². The second-order valence-electron chi connectivity index (χ2n) is 5.05. The Morgan fingerprint density at radius 1 is 1.17 bits per heavy atom. The van der Waals surface area contributed by atoms with Crippen molar-refractivity contribution in [3.05, 3.63) is 70.4 Å². The van der Waals surface area contributed by atoms with Crippen LogP contribution in [0.15, 0.2) is 53.4 Å². The molecule has 0 saturated carbocycles. The molecule has 0 atom stereocenters. The van der Waals surface area contributed by atoms with Crippen LogP contribution in [-0.4, -0.2) is 10.2 Å². The first-order valence-electron chi connectivity index (χ1n) is 7.21. The third kappa shape index (κ3) is 3.21. The van der Waals surface area contributed by atoms with Gasteiger partial charge in [-0.25, -0.2) is 4.39 Å². The van der Waals surface area contributed by atoms with Gasteiger partial charge in [0.25, 0.3) is 5.91 Å². The number of carbonyl (C=O) groups excluding carboxylic acids is 1. The summed E-state index contributed by atoms with van der Waals surface area (Å²) in [6.07, 6.45) is 2.57. The van der Waals surface area contributed by atoms with Crippen molar-refractivity contribution in [2.45, 2.75) is 13.3 Å². The lowest BCUT2D eigenvalue weighted by atomic mass is 10.1. The lowest BCUT2D eigenvalue weighted by molar-refractivity contribution is -0.113. The fourth-order valence-electron chi connectivity index (χ4n) is 2.41. The maximum atomic E-state index is 13.0. The van der Waals surface area contributed by atoms with E-state index in [9.17, 15) is 9.18 Å². The summed E-state index contributed by atoms with van der Waals surface area (Å²) in [6, 6.07) is 13.8. The van der Waals surface area contributed by atoms with Crippen LogP contribution < -0.4 is 4.90 Å². The van der Waals surface area contributed by atoms with Crippen molar-refractivity contribution >= 4 is 46.0 Å². The molecule has 0 radical (unpaired) electrons. The molecule has 1 aliphatic rings. The summed E-state index contributed by atoms with van der Waals surface area (Å²) in [5, 5.41) is 0. The monoisotopic (exact) mass is 343 g/mol. The second kappa shape index (κ2) is 6.64. The number of aryl methyl sites for hydroxylation is 1. The Morgan fingerprint density at radius 3 is 2.57 bits per heavy atom. The maximum Gasteiger partial charge on any atom is 0.270 e. The van der Waals surface area contributed by atoms with Crippen LogP contribution in [0.4, 0.5) is 10.1 Å². The molecular formula is C18H14FNOS2. The van der Waals surface area contributed by atoms with Crippen LogP contribution in [0.25, 0.3) is 6.08 Å². The number of rotatable bonds is 3. The van der Waals surface area contributed by atoms with Crippen LogP contribution in [0.5, 0.6) is 0 Å². The Balaban J connectivity index is 1.95. The maximum absolute atomic E-state index is 13.0. The van der Waals surface area contributed by atoms with Gasteiger partial charge in [-0.1, -0.05) is 61.2 Å². The molecule has 0 unspecified atom stereocenters. The van der Waals surface area contributed by atoms with E-state index in [-0.39, 0.29) is 11.7 Å². The van der Waals surface area contributed by atoms with Crippen molar-refractivity contribution in [1.29, 1.82) is 0 Å². The molecule has 1 amide bonds. The average Bonchev–Trinajstić information content (AvgIpc) is 2.83. The molecule has 3 rings (SSSR count). The van der Waals surface area contributed by atoms with Crippen LogP contribution in [0, 0.1) is 5.82 Å². The first-order chi connectivity index (χ1) is 11.1. The van der Waals surface area contributed by atoms with Crippen molar-refractivity contribution in [3.8, 4) is 0 Å². The molecule has 2 aromatic rings. The standard InChI is InChI=1S/C18H14FNOS2/c1-2-13-5-3-4-6-15(13)20-17(21)16(23-18(20)22)11-12-7-9-14(19)10-8-12/h3-11H,2H2,1H3/b16-11-. The van der Waals surface area contributed by atoms with Crippen LogP contribution >= 0.6 is 24.0 Å². The van der Waals surface area contributed by atoms with Gasteiger partial charge in [0.1, 0.15) is 5.82 Å². The molecule has 0 aliphatic carbocycles. The summed E-state index contributed by atoms with van der Waals surface area (Å²) in [6.45, 7) is 2.05. The Morgan fingerprint density at radius 2 is 1.87 bits per heavy atom. The molecule has 1 fully saturated rings. The van der Waals surface area contributed by atoms with Crippen LogP contribution in [0.1, 0.15) is 18.1 Å². The highest BCUT2D eigenvalue weighted by Crippen LogP contribution is 2.37. The number of benzene rings is 2. The molecule has 0 spiro atoms. The minimum Gasteiger partial charge on any atom is -0.268 e. The van der Waals surface area contributed by atoms with Gasteiger partial charge in [0.2, 0.25) is 0 Å². The molecule has 2 aromatic carbocycles. The molecule has 23 heavy (non-hydrogen) atoms. The highest BCUT2D eigenvalue weighted by Gasteiger charge is 2.34. The number of carbonyl (C=O) groups is 1. The number of halogens is 1. The molecule has 2 nitrogen and oxygen atoms in total. The number of nitrogens with zero attached hydrogens (tertiary/aromatic N) is 1. The second-order valence-corrected chi connectivity index (χ2v) is 6.73. The van der Waals surface area contributed by atoms with Crippen molar-refractivity contribution < 1.29 is 9.18 Å². The number of thioether (sulfide) groups is 1. The molecule has 1 saturated heterocycles. The zero-order chi connectivity index (χ0) is 16.4. The minimum atomic E-state index is -0.299. The fraction of sp³-hybridized carbons (Fsp3) is 0.111. The van der Waals surface area contributed by atoms with E-state index in [1.54, 1.807) is 23.1 Å². The fourth-order valence-corrected chi connectivity index (χ4v) is 3.70. The van der Waals surface area contributed by atoms with Crippen molar-refractivity contribution in [1.82, 2.24) is 0 Å². The Hall–Kier alpha value is -1.98. The Labute approximate surface area is 144 Å². The van der Waals surface area contributed by atoms with E-state index in [1.807, 2.05) is 31.2 Å². The lowest BCUT2D eigenvalue weighted by Crippen LogP contribution is -2.28. The topological polar surface area (TPSA) is 20.3 Å². The number of anilines is 1. The zero-order valence-corrected chi connectivity index (χ0v) is 14.1. The molecule has 0 bridgehead atoms. The minimum absolute atomic E-state index is 0.134. The number of para-hydroxylation sites is 1. The Bertz CT molecular complexity index is 799. The van der Waals surface area contributed by atoms with Gasteiger partial charge in [-0.3, -0.25) is 9.69 Å². The van der Waals surface area contributed by atoms with E-state index in [0.29, 0.717) is 9.23 Å². The van der Waals surface area contributed by atoms with Crippen LogP contribution in [-0.2, 0) is 11.2 Å². The molecule has 0 N–H and O–H groups in total. The predicted octanol–water partition coefficient (Wildman–Crippen LogP) is 4.79. The van der Waals surface area contributed by atoms with E-state index in [4.69, 9.17) is 12.2 Å².